The lowest BCUT2D eigenvalue weighted by Gasteiger charge is -2.35. The zero-order valence-corrected chi connectivity index (χ0v) is 19.2. The highest BCUT2D eigenvalue weighted by molar-refractivity contribution is 5.86. The zero-order chi connectivity index (χ0) is 23.8. The maximum Gasteiger partial charge on any atom is 0.322 e. The van der Waals surface area contributed by atoms with Crippen LogP contribution < -0.4 is 14.8 Å². The Morgan fingerprint density at radius 3 is 2.79 bits per heavy atom. The molecule has 2 aliphatic rings. The number of urea groups is 1. The van der Waals surface area contributed by atoms with Crippen molar-refractivity contribution >= 4 is 11.6 Å². The van der Waals surface area contributed by atoms with Gasteiger partial charge in [0, 0.05) is 17.8 Å². The molecule has 34 heavy (non-hydrogen) atoms. The van der Waals surface area contributed by atoms with E-state index < -0.39 is 11.9 Å². The summed E-state index contributed by atoms with van der Waals surface area (Å²) < 4.78 is 30.6. The molecule has 176 valence electrons. The Balaban J connectivity index is 1.56. The van der Waals surface area contributed by atoms with E-state index in [2.05, 4.69) is 29.3 Å². The Hall–Kier alpha value is -3.88. The number of hydrogen-bond donors (Lipinski definition) is 1. The van der Waals surface area contributed by atoms with Crippen LogP contribution in [0.4, 0.5) is 9.18 Å². The van der Waals surface area contributed by atoms with E-state index in [1.54, 1.807) is 29.2 Å². The third kappa shape index (κ3) is 4.09. The lowest BCUT2D eigenvalue weighted by atomic mass is 9.94. The van der Waals surface area contributed by atoms with Crippen LogP contribution in [0.3, 0.4) is 0 Å². The van der Waals surface area contributed by atoms with Gasteiger partial charge in [-0.1, -0.05) is 31.1 Å². The fourth-order valence-electron chi connectivity index (χ4n) is 4.14. The fraction of sp³-hybridized carbons (Fsp3) is 0.320. The van der Waals surface area contributed by atoms with Gasteiger partial charge in [0.2, 0.25) is 12.6 Å². The molecule has 0 radical (unpaired) electrons. The lowest BCUT2D eigenvalue weighted by molar-refractivity contribution is 0.174. The molecular weight excluding hydrogens is 439 g/mol. The smallest absolute Gasteiger partial charge is 0.322 e. The number of aromatic nitrogens is 2. The quantitative estimate of drug-likeness (QED) is 0.543. The molecule has 0 aliphatic carbocycles. The number of carbonyl (C=O) groups excluding carboxylic acids is 1. The minimum atomic E-state index is -0.636. The highest BCUT2D eigenvalue weighted by Crippen LogP contribution is 2.39. The number of carbonyl (C=O) groups is 1. The number of benzene rings is 2. The van der Waals surface area contributed by atoms with Gasteiger partial charge in [-0.3, -0.25) is 4.90 Å². The number of ether oxygens (including phenoxy) is 2. The van der Waals surface area contributed by atoms with Gasteiger partial charge in [0.25, 0.3) is 5.89 Å². The largest absolute Gasteiger partial charge is 0.454 e. The number of amides is 2. The first-order valence-electron chi connectivity index (χ1n) is 11.2. The number of nitrogens with zero attached hydrogens (tertiary/aromatic N) is 3. The maximum atomic E-state index is 14.1. The number of hydrogen-bond acceptors (Lipinski definition) is 6. The van der Waals surface area contributed by atoms with Gasteiger partial charge in [0.05, 0.1) is 11.6 Å². The van der Waals surface area contributed by atoms with E-state index in [0.717, 1.165) is 6.42 Å². The van der Waals surface area contributed by atoms with Crippen LogP contribution in [0.15, 0.2) is 52.7 Å². The fourth-order valence-corrected chi connectivity index (χ4v) is 4.14. The van der Waals surface area contributed by atoms with Crippen LogP contribution in [-0.4, -0.2) is 34.4 Å². The summed E-state index contributed by atoms with van der Waals surface area (Å²) in [4.78, 5) is 19.3. The molecule has 5 rings (SSSR count). The van der Waals surface area contributed by atoms with Gasteiger partial charge in [0.1, 0.15) is 5.82 Å². The summed E-state index contributed by atoms with van der Waals surface area (Å²) in [7, 11) is 0. The van der Waals surface area contributed by atoms with Crippen LogP contribution in [0.25, 0.3) is 17.0 Å². The second-order valence-electron chi connectivity index (χ2n) is 8.76. The minimum absolute atomic E-state index is 0.170. The summed E-state index contributed by atoms with van der Waals surface area (Å²) >= 11 is 0. The number of allylic oxidation sites excluding steroid dienone is 1. The lowest BCUT2D eigenvalue weighted by Crippen LogP contribution is -2.46. The molecule has 3 aromatic rings. The summed E-state index contributed by atoms with van der Waals surface area (Å²) in [6.45, 7) is 6.77. The highest BCUT2D eigenvalue weighted by Gasteiger charge is 2.36. The summed E-state index contributed by atoms with van der Waals surface area (Å²) in [5.41, 5.74) is 2.62. The zero-order valence-electron chi connectivity index (χ0n) is 19.2. The topological polar surface area (TPSA) is 89.7 Å². The molecule has 0 fully saturated rings. The molecule has 2 aliphatic heterocycles. The first-order chi connectivity index (χ1) is 16.4. The van der Waals surface area contributed by atoms with Gasteiger partial charge >= 0.3 is 6.03 Å². The Labute approximate surface area is 196 Å². The first kappa shape index (κ1) is 21.9. The first-order valence-corrected chi connectivity index (χ1v) is 11.2. The summed E-state index contributed by atoms with van der Waals surface area (Å²) in [6.07, 6.45) is 0.828. The maximum absolute atomic E-state index is 14.1. The van der Waals surface area contributed by atoms with Crippen molar-refractivity contribution in [2.75, 3.05) is 13.3 Å². The molecule has 2 aromatic carbocycles. The van der Waals surface area contributed by atoms with Crippen molar-refractivity contribution in [3.8, 4) is 22.9 Å². The number of halogens is 1. The monoisotopic (exact) mass is 464 g/mol. The van der Waals surface area contributed by atoms with Gasteiger partial charge in [-0.25, -0.2) is 9.18 Å². The molecule has 9 heteroatoms. The summed E-state index contributed by atoms with van der Waals surface area (Å²) in [5.74, 6) is 1.93. The molecule has 1 atom stereocenters. The Morgan fingerprint density at radius 1 is 1.18 bits per heavy atom. The predicted molar refractivity (Wildman–Crippen MR) is 122 cm³/mol. The molecule has 1 unspecified atom stereocenters. The van der Waals surface area contributed by atoms with E-state index in [-0.39, 0.29) is 18.7 Å². The van der Waals surface area contributed by atoms with Crippen molar-refractivity contribution in [1.29, 1.82) is 0 Å². The van der Waals surface area contributed by atoms with E-state index in [0.29, 0.717) is 52.2 Å². The Kier molecular flexibility index (Phi) is 5.69. The SMILES string of the molecule is CC1=C(c2nc(-c3ccc4c(c3)OCO4)no2)C(c2cccc(F)c2)NC(=O)N1CCC(C)C. The molecule has 0 saturated carbocycles. The second-order valence-corrected chi connectivity index (χ2v) is 8.76. The third-order valence-corrected chi connectivity index (χ3v) is 6.00. The molecular formula is C25H25FN4O4. The molecule has 1 N–H and O–H groups in total. The van der Waals surface area contributed by atoms with Crippen LogP contribution >= 0.6 is 0 Å². The van der Waals surface area contributed by atoms with Crippen molar-refractivity contribution in [2.24, 2.45) is 5.92 Å². The van der Waals surface area contributed by atoms with Crippen LogP contribution in [0, 0.1) is 11.7 Å². The average Bonchev–Trinajstić information content (AvgIpc) is 3.47. The molecule has 0 bridgehead atoms. The molecule has 8 nitrogen and oxygen atoms in total. The van der Waals surface area contributed by atoms with Gasteiger partial charge in [-0.15, -0.1) is 0 Å². The van der Waals surface area contributed by atoms with Crippen LogP contribution in [0.2, 0.25) is 0 Å². The van der Waals surface area contributed by atoms with Crippen molar-refractivity contribution < 1.29 is 23.2 Å². The van der Waals surface area contributed by atoms with Crippen molar-refractivity contribution in [3.05, 3.63) is 65.4 Å². The molecule has 1 aromatic heterocycles. The highest BCUT2D eigenvalue weighted by atomic mass is 19.1. The normalized spacial score (nSPS) is 17.5. The van der Waals surface area contributed by atoms with Gasteiger partial charge < -0.3 is 19.3 Å². The van der Waals surface area contributed by atoms with Crippen molar-refractivity contribution in [1.82, 2.24) is 20.4 Å². The van der Waals surface area contributed by atoms with Crippen LogP contribution in [-0.2, 0) is 0 Å². The number of fused-ring (bicyclic) bond motifs is 1. The standard InChI is InChI=1S/C25H25FN4O4/c1-14(2)9-10-30-15(3)21(22(27-25(30)31)16-5-4-6-18(26)11-16)24-28-23(29-34-24)17-7-8-19-20(12-17)33-13-32-19/h4-8,11-12,14,22H,9-10,13H2,1-3H3,(H,27,31). The molecule has 3 heterocycles. The van der Waals surface area contributed by atoms with Crippen molar-refractivity contribution in [3.63, 3.8) is 0 Å². The molecule has 0 saturated heterocycles. The van der Waals surface area contributed by atoms with Crippen molar-refractivity contribution in [2.45, 2.75) is 33.2 Å². The third-order valence-electron chi connectivity index (χ3n) is 6.00. The second kappa shape index (κ2) is 8.81. The van der Waals surface area contributed by atoms with Gasteiger partial charge in [-0.2, -0.15) is 4.98 Å². The Bertz CT molecular complexity index is 1270. The molecule has 2 amide bonds. The van der Waals surface area contributed by atoms with E-state index in [4.69, 9.17) is 14.0 Å². The van der Waals surface area contributed by atoms with E-state index in [9.17, 15) is 9.18 Å². The summed E-state index contributed by atoms with van der Waals surface area (Å²) in [5, 5.41) is 7.16. The van der Waals surface area contributed by atoms with Crippen LogP contribution in [0.1, 0.15) is 44.7 Å². The molecule has 0 spiro atoms. The minimum Gasteiger partial charge on any atom is -0.454 e. The van der Waals surface area contributed by atoms with E-state index in [1.165, 1.54) is 12.1 Å². The average molecular weight is 464 g/mol. The predicted octanol–water partition coefficient (Wildman–Crippen LogP) is 5.15. The van der Waals surface area contributed by atoms with Gasteiger partial charge in [-0.05, 0) is 55.2 Å². The number of rotatable bonds is 6. The van der Waals surface area contributed by atoms with Gasteiger partial charge in [0.15, 0.2) is 11.5 Å². The number of nitrogens with one attached hydrogen (secondary N) is 1. The van der Waals surface area contributed by atoms with Crippen LogP contribution in [0.5, 0.6) is 11.5 Å². The van der Waals surface area contributed by atoms with E-state index in [1.807, 2.05) is 13.0 Å². The summed E-state index contributed by atoms with van der Waals surface area (Å²) in [6, 6.07) is 10.7. The van der Waals surface area contributed by atoms with E-state index >= 15 is 0 Å². The Morgan fingerprint density at radius 2 is 2.00 bits per heavy atom.